The molecule has 170 valence electrons. The van der Waals surface area contributed by atoms with Gasteiger partial charge in [-0.2, -0.15) is 0 Å². The Labute approximate surface area is 181 Å². The molecule has 1 saturated heterocycles. The highest BCUT2D eigenvalue weighted by atomic mass is 19.2. The van der Waals surface area contributed by atoms with Crippen molar-refractivity contribution in [3.63, 3.8) is 0 Å². The van der Waals surface area contributed by atoms with Gasteiger partial charge in [0.05, 0.1) is 17.8 Å². The number of aromatic nitrogens is 2. The summed E-state index contributed by atoms with van der Waals surface area (Å²) in [5.41, 5.74) is 9.57. The maximum Gasteiger partial charge on any atom is 0.159 e. The zero-order chi connectivity index (χ0) is 23.1. The Morgan fingerprint density at radius 2 is 1.90 bits per heavy atom. The highest BCUT2D eigenvalue weighted by Crippen LogP contribution is 2.30. The number of rotatable bonds is 5. The third-order valence-electron chi connectivity index (χ3n) is 5.21. The van der Waals surface area contributed by atoms with Crippen LogP contribution < -0.4 is 5.73 Å². The van der Waals surface area contributed by atoms with E-state index in [9.17, 15) is 19.0 Å². The normalized spacial score (nSPS) is 24.2. The van der Waals surface area contributed by atoms with Crippen molar-refractivity contribution in [2.75, 3.05) is 0 Å². The Kier molecular flexibility index (Phi) is 9.18. The van der Waals surface area contributed by atoms with E-state index in [1.165, 1.54) is 11.6 Å². The van der Waals surface area contributed by atoms with Crippen molar-refractivity contribution < 1.29 is 23.7 Å². The lowest BCUT2D eigenvalue weighted by Gasteiger charge is -2.22. The number of aliphatic hydroxyl groups is 2. The first-order chi connectivity index (χ1) is 14.7. The van der Waals surface area contributed by atoms with Gasteiger partial charge in [-0.15, -0.1) is 0 Å². The van der Waals surface area contributed by atoms with E-state index in [4.69, 9.17) is 10.5 Å². The molecule has 1 aliphatic heterocycles. The van der Waals surface area contributed by atoms with Gasteiger partial charge in [0, 0.05) is 11.3 Å². The molecule has 2 aromatic rings. The number of ether oxygens (including phenoxy) is 1. The lowest BCUT2D eigenvalue weighted by molar-refractivity contribution is 0.0000722. The fraction of sp³-hybridized carbons (Fsp3) is 0.478. The van der Waals surface area contributed by atoms with E-state index >= 15 is 0 Å². The molecule has 5 atom stereocenters. The van der Waals surface area contributed by atoms with Gasteiger partial charge in [-0.3, -0.25) is 0 Å². The molecule has 6 nitrogen and oxygen atoms in total. The van der Waals surface area contributed by atoms with Gasteiger partial charge in [0.15, 0.2) is 11.6 Å². The number of nitrogens with two attached hydrogens (primary N) is 1. The lowest BCUT2D eigenvalue weighted by atomic mass is 9.97. The van der Waals surface area contributed by atoms with Crippen molar-refractivity contribution >= 4 is 6.08 Å². The molecule has 5 unspecified atom stereocenters. The van der Waals surface area contributed by atoms with E-state index in [-0.39, 0.29) is 0 Å². The summed E-state index contributed by atoms with van der Waals surface area (Å²) >= 11 is 0. The van der Waals surface area contributed by atoms with Crippen LogP contribution in [0.5, 0.6) is 0 Å². The molecule has 0 bridgehead atoms. The second-order valence-electron chi connectivity index (χ2n) is 7.56. The van der Waals surface area contributed by atoms with Crippen molar-refractivity contribution in [3.05, 3.63) is 64.8 Å². The van der Waals surface area contributed by atoms with E-state index in [0.717, 1.165) is 36.4 Å². The van der Waals surface area contributed by atoms with E-state index in [2.05, 4.69) is 23.0 Å². The number of aryl methyl sites for hydroxylation is 2. The summed E-state index contributed by atoms with van der Waals surface area (Å²) < 4.78 is 31.2. The zero-order valence-corrected chi connectivity index (χ0v) is 18.3. The topological polar surface area (TPSA) is 101 Å². The molecule has 8 heteroatoms. The maximum atomic E-state index is 13.1. The molecule has 2 heterocycles. The average Bonchev–Trinajstić information content (AvgIpc) is 3.00. The third-order valence-corrected chi connectivity index (χ3v) is 5.21. The van der Waals surface area contributed by atoms with E-state index in [1.807, 2.05) is 19.9 Å². The second-order valence-corrected chi connectivity index (χ2v) is 7.56. The van der Waals surface area contributed by atoms with Crippen molar-refractivity contribution in [1.82, 2.24) is 9.97 Å². The predicted octanol–water partition coefficient (Wildman–Crippen LogP) is 3.24. The number of benzene rings is 1. The van der Waals surface area contributed by atoms with Gasteiger partial charge in [-0.1, -0.05) is 31.6 Å². The van der Waals surface area contributed by atoms with Crippen LogP contribution in [0.25, 0.3) is 6.08 Å². The number of allylic oxidation sites excluding steroid dienone is 1. The van der Waals surface area contributed by atoms with Gasteiger partial charge in [-0.25, -0.2) is 18.7 Å². The molecule has 1 fully saturated rings. The maximum absolute atomic E-state index is 13.1. The highest BCUT2D eigenvalue weighted by Gasteiger charge is 2.43. The molecular formula is C23H31F2N3O3. The van der Waals surface area contributed by atoms with Crippen molar-refractivity contribution in [2.45, 2.75) is 71.0 Å². The Hall–Kier alpha value is -2.26. The van der Waals surface area contributed by atoms with Crippen molar-refractivity contribution in [2.24, 2.45) is 5.73 Å². The van der Waals surface area contributed by atoms with Crippen LogP contribution in [0.1, 0.15) is 55.7 Å². The van der Waals surface area contributed by atoms with Crippen LogP contribution in [-0.2, 0) is 11.2 Å². The monoisotopic (exact) mass is 435 g/mol. The standard InChI is InChI=1S/C12H15F2NO3.C11H16N2/c1-5-10(16)11(17)12(18-5)9(15)6-2-3-7(13)8(14)4-6;1-4-6-10-9(3)12-8-13-11(10)7-5-2/h2-5,9-12,16-17H,15H2,1H3;4,6,8H,5,7H2,1-3H3/b;6-4-. The lowest BCUT2D eigenvalue weighted by Crippen LogP contribution is -2.38. The Balaban J connectivity index is 0.000000233. The van der Waals surface area contributed by atoms with Crippen molar-refractivity contribution in [3.8, 4) is 0 Å². The van der Waals surface area contributed by atoms with Gasteiger partial charge >= 0.3 is 0 Å². The summed E-state index contributed by atoms with van der Waals surface area (Å²) in [6, 6.07) is 2.42. The zero-order valence-electron chi connectivity index (χ0n) is 18.3. The molecule has 1 aliphatic rings. The number of halogens is 2. The molecule has 0 amide bonds. The molecule has 1 aromatic carbocycles. The summed E-state index contributed by atoms with van der Waals surface area (Å²) in [5, 5.41) is 19.3. The molecule has 0 spiro atoms. The molecule has 4 N–H and O–H groups in total. The molecule has 3 rings (SSSR count). The number of nitrogens with zero attached hydrogens (tertiary/aromatic N) is 2. The minimum absolute atomic E-state index is 0.305. The van der Waals surface area contributed by atoms with E-state index < -0.39 is 42.1 Å². The van der Waals surface area contributed by atoms with Crippen LogP contribution in [0.15, 0.2) is 30.6 Å². The average molecular weight is 436 g/mol. The Morgan fingerprint density at radius 1 is 1.19 bits per heavy atom. The van der Waals surface area contributed by atoms with Crippen LogP contribution >= 0.6 is 0 Å². The summed E-state index contributed by atoms with van der Waals surface area (Å²) in [7, 11) is 0. The smallest absolute Gasteiger partial charge is 0.159 e. The van der Waals surface area contributed by atoms with Gasteiger partial charge in [0.2, 0.25) is 0 Å². The molecular weight excluding hydrogens is 404 g/mol. The summed E-state index contributed by atoms with van der Waals surface area (Å²) in [5.74, 6) is -1.98. The van der Waals surface area contributed by atoms with Crippen LogP contribution in [0, 0.1) is 18.6 Å². The van der Waals surface area contributed by atoms with Gasteiger partial charge < -0.3 is 20.7 Å². The quantitative estimate of drug-likeness (QED) is 0.667. The summed E-state index contributed by atoms with van der Waals surface area (Å²) in [6.45, 7) is 7.81. The fourth-order valence-corrected chi connectivity index (χ4v) is 3.44. The van der Waals surface area contributed by atoms with Crippen LogP contribution in [-0.4, -0.2) is 44.6 Å². The Bertz CT molecular complexity index is 894. The fourth-order valence-electron chi connectivity index (χ4n) is 3.44. The first kappa shape index (κ1) is 25.0. The largest absolute Gasteiger partial charge is 0.388 e. The van der Waals surface area contributed by atoms with Crippen LogP contribution in [0.3, 0.4) is 0 Å². The van der Waals surface area contributed by atoms with Crippen LogP contribution in [0.2, 0.25) is 0 Å². The minimum Gasteiger partial charge on any atom is -0.388 e. The first-order valence-corrected chi connectivity index (χ1v) is 10.4. The van der Waals surface area contributed by atoms with E-state index in [1.54, 1.807) is 13.3 Å². The van der Waals surface area contributed by atoms with Crippen LogP contribution in [0.4, 0.5) is 8.78 Å². The summed E-state index contributed by atoms with van der Waals surface area (Å²) in [4.78, 5) is 8.46. The van der Waals surface area contributed by atoms with E-state index in [0.29, 0.717) is 5.56 Å². The first-order valence-electron chi connectivity index (χ1n) is 10.4. The third kappa shape index (κ3) is 6.13. The number of hydrogen-bond donors (Lipinski definition) is 3. The summed E-state index contributed by atoms with van der Waals surface area (Å²) in [6.07, 6.45) is 4.33. The number of aliphatic hydroxyl groups excluding tert-OH is 2. The highest BCUT2D eigenvalue weighted by molar-refractivity contribution is 5.53. The van der Waals surface area contributed by atoms with Gasteiger partial charge in [0.25, 0.3) is 0 Å². The molecule has 31 heavy (non-hydrogen) atoms. The van der Waals surface area contributed by atoms with Gasteiger partial charge in [-0.05, 0) is 44.9 Å². The molecule has 0 aliphatic carbocycles. The second kappa shape index (κ2) is 11.4. The van der Waals surface area contributed by atoms with Gasteiger partial charge in [0.1, 0.15) is 24.6 Å². The Morgan fingerprint density at radius 3 is 2.45 bits per heavy atom. The minimum atomic E-state index is -1.15. The number of hydrogen-bond acceptors (Lipinski definition) is 6. The molecule has 0 radical (unpaired) electrons. The van der Waals surface area contributed by atoms with Crippen molar-refractivity contribution in [1.29, 1.82) is 0 Å². The molecule has 0 saturated carbocycles. The SMILES string of the molecule is C/C=C\c1c(C)ncnc1CCC.CC1OC(C(N)c2ccc(F)c(F)c2)C(O)C1O. The predicted molar refractivity (Wildman–Crippen MR) is 115 cm³/mol. The molecule has 1 aromatic heterocycles.